The molecule has 106 valence electrons. The summed E-state index contributed by atoms with van der Waals surface area (Å²) < 4.78 is 2.80. The highest BCUT2D eigenvalue weighted by Gasteiger charge is 2.10. The fourth-order valence-corrected chi connectivity index (χ4v) is 2.28. The molecule has 0 amide bonds. The van der Waals surface area contributed by atoms with Crippen LogP contribution in [0.2, 0.25) is 0 Å². The summed E-state index contributed by atoms with van der Waals surface area (Å²) in [6.07, 6.45) is 1.59. The minimum atomic E-state index is -0.898. The Balaban J connectivity index is 2.01. The van der Waals surface area contributed by atoms with E-state index in [2.05, 4.69) is 5.10 Å². The van der Waals surface area contributed by atoms with Gasteiger partial charge in [-0.1, -0.05) is 30.3 Å². The normalized spacial score (nSPS) is 10.9. The van der Waals surface area contributed by atoms with Gasteiger partial charge in [-0.25, -0.2) is 9.48 Å². The molecule has 0 atom stereocenters. The van der Waals surface area contributed by atoms with E-state index in [-0.39, 0.29) is 18.7 Å². The number of hydrogen-bond donors (Lipinski definition) is 1. The summed E-state index contributed by atoms with van der Waals surface area (Å²) in [7, 11) is 0. The molecular weight excluding hydrogens is 270 g/mol. The number of fused-ring (bicyclic) bond motifs is 1. The minimum Gasteiger partial charge on any atom is -0.481 e. The van der Waals surface area contributed by atoms with Crippen LogP contribution in [0.15, 0.2) is 53.5 Å². The van der Waals surface area contributed by atoms with E-state index in [4.69, 9.17) is 5.11 Å². The summed E-state index contributed by atoms with van der Waals surface area (Å²) in [4.78, 5) is 23.1. The minimum absolute atomic E-state index is 0.0711. The van der Waals surface area contributed by atoms with Crippen molar-refractivity contribution in [1.82, 2.24) is 14.2 Å². The molecule has 1 aromatic carbocycles. The molecule has 0 fully saturated rings. The summed E-state index contributed by atoms with van der Waals surface area (Å²) in [5, 5.41) is 13.2. The highest BCUT2D eigenvalue weighted by atomic mass is 16.4. The largest absolute Gasteiger partial charge is 0.481 e. The van der Waals surface area contributed by atoms with E-state index in [1.54, 1.807) is 30.5 Å². The topological polar surface area (TPSA) is 76.6 Å². The molecule has 0 aliphatic carbocycles. The standard InChI is InChI=1S/C15H13N3O3/c19-14(20)9-11-5-1-2-6-12(11)10-18-15(21)17-8-4-3-7-13(17)16-18/h1-8H,9-10H2,(H,19,20). The molecule has 0 saturated carbocycles. The molecule has 0 aliphatic heterocycles. The first-order valence-electron chi connectivity index (χ1n) is 6.48. The summed E-state index contributed by atoms with van der Waals surface area (Å²) >= 11 is 0. The van der Waals surface area contributed by atoms with Gasteiger partial charge in [0.2, 0.25) is 0 Å². The predicted molar refractivity (Wildman–Crippen MR) is 76.3 cm³/mol. The fraction of sp³-hybridized carbons (Fsp3) is 0.133. The first kappa shape index (κ1) is 13.1. The van der Waals surface area contributed by atoms with Gasteiger partial charge in [-0.05, 0) is 23.3 Å². The first-order valence-corrected chi connectivity index (χ1v) is 6.48. The summed E-state index contributed by atoms with van der Waals surface area (Å²) in [5.41, 5.74) is 1.80. The number of aliphatic carboxylic acids is 1. The molecule has 3 aromatic rings. The zero-order valence-electron chi connectivity index (χ0n) is 11.1. The van der Waals surface area contributed by atoms with Crippen molar-refractivity contribution in [2.45, 2.75) is 13.0 Å². The third-order valence-electron chi connectivity index (χ3n) is 3.27. The zero-order valence-corrected chi connectivity index (χ0v) is 11.1. The van der Waals surface area contributed by atoms with Crippen molar-refractivity contribution >= 4 is 11.6 Å². The average Bonchev–Trinajstić information content (AvgIpc) is 2.78. The van der Waals surface area contributed by atoms with Gasteiger partial charge in [-0.15, -0.1) is 5.10 Å². The van der Waals surface area contributed by atoms with Crippen LogP contribution in [0.5, 0.6) is 0 Å². The van der Waals surface area contributed by atoms with E-state index in [0.717, 1.165) is 5.56 Å². The van der Waals surface area contributed by atoms with Gasteiger partial charge < -0.3 is 5.11 Å². The Hall–Kier alpha value is -2.89. The van der Waals surface area contributed by atoms with Crippen LogP contribution in [-0.2, 0) is 17.8 Å². The van der Waals surface area contributed by atoms with Gasteiger partial charge in [0, 0.05) is 6.20 Å². The molecule has 0 bridgehead atoms. The van der Waals surface area contributed by atoms with Crippen LogP contribution >= 0.6 is 0 Å². The van der Waals surface area contributed by atoms with Crippen molar-refractivity contribution in [2.24, 2.45) is 0 Å². The molecule has 3 rings (SSSR count). The lowest BCUT2D eigenvalue weighted by Crippen LogP contribution is -2.22. The zero-order chi connectivity index (χ0) is 14.8. The molecule has 0 radical (unpaired) electrons. The Kier molecular flexibility index (Phi) is 3.27. The Bertz CT molecular complexity index is 864. The SMILES string of the molecule is O=C(O)Cc1ccccc1Cn1nc2ccccn2c1=O. The molecule has 2 heterocycles. The van der Waals surface area contributed by atoms with Crippen LogP contribution in [-0.4, -0.2) is 25.3 Å². The summed E-state index contributed by atoms with van der Waals surface area (Å²) in [6, 6.07) is 12.5. The molecule has 2 aromatic heterocycles. The summed E-state index contributed by atoms with van der Waals surface area (Å²) in [6.45, 7) is 0.254. The van der Waals surface area contributed by atoms with E-state index < -0.39 is 5.97 Å². The van der Waals surface area contributed by atoms with Crippen molar-refractivity contribution in [3.63, 3.8) is 0 Å². The lowest BCUT2D eigenvalue weighted by molar-refractivity contribution is -0.136. The van der Waals surface area contributed by atoms with Crippen LogP contribution in [0.25, 0.3) is 5.65 Å². The van der Waals surface area contributed by atoms with Gasteiger partial charge in [0.1, 0.15) is 0 Å². The Morgan fingerprint density at radius 1 is 1.10 bits per heavy atom. The van der Waals surface area contributed by atoms with Crippen molar-refractivity contribution in [3.05, 3.63) is 70.3 Å². The Morgan fingerprint density at radius 2 is 1.81 bits per heavy atom. The highest BCUT2D eigenvalue weighted by Crippen LogP contribution is 2.11. The van der Waals surface area contributed by atoms with Gasteiger partial charge in [0.05, 0.1) is 13.0 Å². The highest BCUT2D eigenvalue weighted by molar-refractivity contribution is 5.70. The summed E-state index contributed by atoms with van der Waals surface area (Å²) in [5.74, 6) is -0.898. The third-order valence-corrected chi connectivity index (χ3v) is 3.27. The first-order chi connectivity index (χ1) is 10.1. The molecule has 6 nitrogen and oxygen atoms in total. The van der Waals surface area contributed by atoms with Crippen LogP contribution in [0.1, 0.15) is 11.1 Å². The maximum Gasteiger partial charge on any atom is 0.350 e. The van der Waals surface area contributed by atoms with Gasteiger partial charge >= 0.3 is 11.7 Å². The number of benzene rings is 1. The van der Waals surface area contributed by atoms with Crippen LogP contribution in [0, 0.1) is 0 Å². The van der Waals surface area contributed by atoms with Gasteiger partial charge in [0.25, 0.3) is 0 Å². The molecule has 0 unspecified atom stereocenters. The maximum absolute atomic E-state index is 12.2. The van der Waals surface area contributed by atoms with Crippen molar-refractivity contribution in [2.75, 3.05) is 0 Å². The quantitative estimate of drug-likeness (QED) is 0.779. The van der Waals surface area contributed by atoms with Crippen LogP contribution in [0.4, 0.5) is 0 Å². The van der Waals surface area contributed by atoms with Crippen molar-refractivity contribution in [3.8, 4) is 0 Å². The molecular formula is C15H13N3O3. The van der Waals surface area contributed by atoms with Gasteiger partial charge in [-0.3, -0.25) is 9.20 Å². The van der Waals surface area contributed by atoms with Crippen LogP contribution in [0.3, 0.4) is 0 Å². The smallest absolute Gasteiger partial charge is 0.350 e. The van der Waals surface area contributed by atoms with E-state index in [9.17, 15) is 9.59 Å². The second-order valence-corrected chi connectivity index (χ2v) is 4.71. The fourth-order valence-electron chi connectivity index (χ4n) is 2.28. The number of carbonyl (C=O) groups is 1. The Labute approximate surface area is 119 Å². The second kappa shape index (κ2) is 5.24. The molecule has 0 aliphatic rings. The van der Waals surface area contributed by atoms with Gasteiger partial charge in [0.15, 0.2) is 5.65 Å². The van der Waals surface area contributed by atoms with E-state index in [1.165, 1.54) is 9.08 Å². The number of carboxylic acid groups (broad SMARTS) is 1. The molecule has 6 heteroatoms. The monoisotopic (exact) mass is 283 g/mol. The third kappa shape index (κ3) is 2.55. The number of aromatic nitrogens is 3. The van der Waals surface area contributed by atoms with Crippen molar-refractivity contribution < 1.29 is 9.90 Å². The van der Waals surface area contributed by atoms with Crippen molar-refractivity contribution in [1.29, 1.82) is 0 Å². The molecule has 1 N–H and O–H groups in total. The van der Waals surface area contributed by atoms with Crippen LogP contribution < -0.4 is 5.69 Å². The number of pyridine rings is 1. The molecule has 21 heavy (non-hydrogen) atoms. The number of rotatable bonds is 4. The van der Waals surface area contributed by atoms with E-state index in [1.807, 2.05) is 18.2 Å². The number of carboxylic acids is 1. The van der Waals surface area contributed by atoms with Gasteiger partial charge in [-0.2, -0.15) is 0 Å². The lowest BCUT2D eigenvalue weighted by Gasteiger charge is -2.06. The molecule has 0 spiro atoms. The van der Waals surface area contributed by atoms with E-state index in [0.29, 0.717) is 11.2 Å². The number of nitrogens with zero attached hydrogens (tertiary/aromatic N) is 3. The Morgan fingerprint density at radius 3 is 2.52 bits per heavy atom. The number of hydrogen-bond acceptors (Lipinski definition) is 3. The maximum atomic E-state index is 12.2. The van der Waals surface area contributed by atoms with E-state index >= 15 is 0 Å². The molecule has 0 saturated heterocycles. The second-order valence-electron chi connectivity index (χ2n) is 4.71. The lowest BCUT2D eigenvalue weighted by atomic mass is 10.0. The average molecular weight is 283 g/mol. The predicted octanol–water partition coefficient (Wildman–Crippen LogP) is 1.17.